The number of likely N-dealkylation sites (N-methyl/N-ethyl adjacent to an activating group) is 1. The van der Waals surface area contributed by atoms with Crippen LogP contribution in [0.3, 0.4) is 0 Å². The highest BCUT2D eigenvalue weighted by molar-refractivity contribution is 7.89. The number of nitro benzene ring substituents is 1. The molecule has 9 nitrogen and oxygen atoms in total. The number of nitrogens with one attached hydrogen (secondary N) is 1. The SMILES string of the molecule is CN1CCN(c2ccc([N+](=O)[O-])cc2S(=O)(=O)NCCCO)CC1. The Morgan fingerprint density at radius 1 is 1.29 bits per heavy atom. The number of nitro groups is 1. The molecule has 0 aliphatic carbocycles. The largest absolute Gasteiger partial charge is 0.396 e. The summed E-state index contributed by atoms with van der Waals surface area (Å²) in [6.45, 7) is 2.80. The molecule has 0 bridgehead atoms. The molecular formula is C14H22N4O5S. The molecule has 0 unspecified atom stereocenters. The molecule has 1 aromatic rings. The van der Waals surface area contributed by atoms with Gasteiger partial charge in [0, 0.05) is 51.5 Å². The van der Waals surface area contributed by atoms with E-state index >= 15 is 0 Å². The van der Waals surface area contributed by atoms with E-state index in [9.17, 15) is 18.5 Å². The molecule has 134 valence electrons. The van der Waals surface area contributed by atoms with Crippen molar-refractivity contribution >= 4 is 21.4 Å². The molecule has 1 aliphatic rings. The first-order chi connectivity index (χ1) is 11.3. The molecule has 0 atom stereocenters. The number of rotatable bonds is 7. The van der Waals surface area contributed by atoms with Crippen molar-refractivity contribution in [2.75, 3.05) is 51.3 Å². The van der Waals surface area contributed by atoms with Gasteiger partial charge < -0.3 is 14.9 Å². The minimum absolute atomic E-state index is 0.0731. The van der Waals surface area contributed by atoms with Crippen LogP contribution in [0, 0.1) is 10.1 Å². The summed E-state index contributed by atoms with van der Waals surface area (Å²) in [6, 6.07) is 3.90. The molecule has 1 aliphatic heterocycles. The summed E-state index contributed by atoms with van der Waals surface area (Å²) in [6.07, 6.45) is 0.276. The van der Waals surface area contributed by atoms with E-state index in [0.717, 1.165) is 19.2 Å². The second-order valence-electron chi connectivity index (χ2n) is 5.67. The van der Waals surface area contributed by atoms with Gasteiger partial charge in [0.05, 0.1) is 10.6 Å². The minimum Gasteiger partial charge on any atom is -0.396 e. The van der Waals surface area contributed by atoms with Gasteiger partial charge in [-0.3, -0.25) is 10.1 Å². The van der Waals surface area contributed by atoms with Crippen LogP contribution in [0.5, 0.6) is 0 Å². The van der Waals surface area contributed by atoms with Gasteiger partial charge in [0.15, 0.2) is 0 Å². The number of non-ortho nitro benzene ring substituents is 1. The number of hydrogen-bond donors (Lipinski definition) is 2. The first-order valence-electron chi connectivity index (χ1n) is 7.67. The first-order valence-corrected chi connectivity index (χ1v) is 9.16. The molecular weight excluding hydrogens is 336 g/mol. The van der Waals surface area contributed by atoms with E-state index < -0.39 is 14.9 Å². The van der Waals surface area contributed by atoms with Crippen LogP contribution in [0.15, 0.2) is 23.1 Å². The Hall–Kier alpha value is -1.75. The summed E-state index contributed by atoms with van der Waals surface area (Å²) in [7, 11) is -1.92. The van der Waals surface area contributed by atoms with Crippen LogP contribution in [0.4, 0.5) is 11.4 Å². The first kappa shape index (κ1) is 18.6. The third-order valence-corrected chi connectivity index (χ3v) is 5.40. The van der Waals surface area contributed by atoms with Crippen molar-refractivity contribution in [2.24, 2.45) is 0 Å². The van der Waals surface area contributed by atoms with E-state index in [-0.39, 0.29) is 30.2 Å². The molecule has 1 heterocycles. The normalized spacial score (nSPS) is 16.3. The lowest BCUT2D eigenvalue weighted by atomic mass is 10.2. The number of aliphatic hydroxyl groups is 1. The lowest BCUT2D eigenvalue weighted by Crippen LogP contribution is -2.45. The van der Waals surface area contributed by atoms with Crippen LogP contribution < -0.4 is 9.62 Å². The van der Waals surface area contributed by atoms with Gasteiger partial charge in [-0.25, -0.2) is 13.1 Å². The van der Waals surface area contributed by atoms with E-state index in [2.05, 4.69) is 9.62 Å². The fourth-order valence-electron chi connectivity index (χ4n) is 2.50. The number of nitrogens with zero attached hydrogens (tertiary/aromatic N) is 3. The number of aliphatic hydroxyl groups excluding tert-OH is 1. The van der Waals surface area contributed by atoms with Crippen LogP contribution in [0.2, 0.25) is 0 Å². The van der Waals surface area contributed by atoms with Crippen LogP contribution >= 0.6 is 0 Å². The highest BCUT2D eigenvalue weighted by atomic mass is 32.2. The van der Waals surface area contributed by atoms with Crippen molar-refractivity contribution in [3.05, 3.63) is 28.3 Å². The summed E-state index contributed by atoms with van der Waals surface area (Å²) in [5.74, 6) is 0. The van der Waals surface area contributed by atoms with Gasteiger partial charge in [0.2, 0.25) is 10.0 Å². The van der Waals surface area contributed by atoms with Gasteiger partial charge >= 0.3 is 0 Å². The number of hydrogen-bond acceptors (Lipinski definition) is 7. The van der Waals surface area contributed by atoms with Gasteiger partial charge in [-0.15, -0.1) is 0 Å². The number of benzene rings is 1. The highest BCUT2D eigenvalue weighted by Crippen LogP contribution is 2.30. The Balaban J connectivity index is 2.38. The minimum atomic E-state index is -3.90. The van der Waals surface area contributed by atoms with Crippen molar-refractivity contribution in [1.29, 1.82) is 0 Å². The van der Waals surface area contributed by atoms with Crippen molar-refractivity contribution in [1.82, 2.24) is 9.62 Å². The molecule has 10 heteroatoms. The van der Waals surface area contributed by atoms with Crippen LogP contribution in [-0.2, 0) is 10.0 Å². The topological polar surface area (TPSA) is 116 Å². The Kier molecular flexibility index (Phi) is 6.10. The van der Waals surface area contributed by atoms with Crippen molar-refractivity contribution in [3.8, 4) is 0 Å². The lowest BCUT2D eigenvalue weighted by Gasteiger charge is -2.34. The molecule has 2 rings (SSSR count). The van der Waals surface area contributed by atoms with Crippen LogP contribution in [0.1, 0.15) is 6.42 Å². The third-order valence-electron chi connectivity index (χ3n) is 3.91. The second-order valence-corrected chi connectivity index (χ2v) is 7.41. The van der Waals surface area contributed by atoms with Crippen LogP contribution in [-0.4, -0.2) is 69.7 Å². The van der Waals surface area contributed by atoms with Gasteiger partial charge in [-0.05, 0) is 19.5 Å². The van der Waals surface area contributed by atoms with Gasteiger partial charge in [-0.2, -0.15) is 0 Å². The van der Waals surface area contributed by atoms with Crippen molar-refractivity contribution in [3.63, 3.8) is 0 Å². The van der Waals surface area contributed by atoms with Gasteiger partial charge in [0.1, 0.15) is 4.90 Å². The number of piperazine rings is 1. The predicted octanol–water partition coefficient (Wildman–Crippen LogP) is 0.00730. The van der Waals surface area contributed by atoms with E-state index in [1.54, 1.807) is 0 Å². The fraction of sp³-hybridized carbons (Fsp3) is 0.571. The summed E-state index contributed by atoms with van der Waals surface area (Å²) >= 11 is 0. The summed E-state index contributed by atoms with van der Waals surface area (Å²) in [5.41, 5.74) is 0.195. The molecule has 24 heavy (non-hydrogen) atoms. The van der Waals surface area contributed by atoms with Gasteiger partial charge in [0.25, 0.3) is 5.69 Å². The highest BCUT2D eigenvalue weighted by Gasteiger charge is 2.26. The van der Waals surface area contributed by atoms with E-state index in [1.165, 1.54) is 12.1 Å². The Morgan fingerprint density at radius 3 is 2.54 bits per heavy atom. The molecule has 1 aromatic carbocycles. The third kappa shape index (κ3) is 4.41. The Bertz CT molecular complexity index is 686. The second kappa shape index (κ2) is 7.88. The Labute approximate surface area is 141 Å². The van der Waals surface area contributed by atoms with Gasteiger partial charge in [-0.1, -0.05) is 0 Å². The summed E-state index contributed by atoms with van der Waals surface area (Å²) < 4.78 is 27.5. The number of anilines is 1. The average molecular weight is 358 g/mol. The maximum atomic E-state index is 12.6. The predicted molar refractivity (Wildman–Crippen MR) is 89.7 cm³/mol. The maximum Gasteiger partial charge on any atom is 0.270 e. The zero-order chi connectivity index (χ0) is 17.7. The number of sulfonamides is 1. The monoisotopic (exact) mass is 358 g/mol. The molecule has 0 aromatic heterocycles. The standard InChI is InChI=1S/C14H22N4O5S/c1-16-6-8-17(9-7-16)13-4-3-12(18(20)21)11-14(13)24(22,23)15-5-2-10-19/h3-4,11,15,19H,2,5-10H2,1H3. The lowest BCUT2D eigenvalue weighted by molar-refractivity contribution is -0.385. The smallest absolute Gasteiger partial charge is 0.270 e. The van der Waals surface area contributed by atoms with Crippen LogP contribution in [0.25, 0.3) is 0 Å². The molecule has 1 saturated heterocycles. The van der Waals surface area contributed by atoms with Crippen molar-refractivity contribution < 1.29 is 18.4 Å². The molecule has 1 fully saturated rings. The van der Waals surface area contributed by atoms with E-state index in [1.807, 2.05) is 11.9 Å². The van der Waals surface area contributed by atoms with E-state index in [0.29, 0.717) is 18.8 Å². The fourth-order valence-corrected chi connectivity index (χ4v) is 3.82. The molecule has 0 spiro atoms. The summed E-state index contributed by atoms with van der Waals surface area (Å²) in [4.78, 5) is 14.4. The van der Waals surface area contributed by atoms with Crippen molar-refractivity contribution in [2.45, 2.75) is 11.3 Å². The molecule has 2 N–H and O–H groups in total. The maximum absolute atomic E-state index is 12.6. The average Bonchev–Trinajstić information content (AvgIpc) is 2.55. The summed E-state index contributed by atoms with van der Waals surface area (Å²) in [5, 5.41) is 19.8. The Morgan fingerprint density at radius 2 is 1.96 bits per heavy atom. The quantitative estimate of drug-likeness (QED) is 0.400. The molecule has 0 radical (unpaired) electrons. The molecule has 0 saturated carbocycles. The zero-order valence-corrected chi connectivity index (χ0v) is 14.3. The van der Waals surface area contributed by atoms with E-state index in [4.69, 9.17) is 5.11 Å². The molecule has 0 amide bonds. The zero-order valence-electron chi connectivity index (χ0n) is 13.5.